The molecular weight excluding hydrogens is 194 g/mol. The van der Waals surface area contributed by atoms with Gasteiger partial charge in [0, 0.05) is 12.5 Å². The Morgan fingerprint density at radius 2 is 1.93 bits per heavy atom. The second-order valence-electron chi connectivity index (χ2n) is 4.35. The van der Waals surface area contributed by atoms with E-state index < -0.39 is 5.92 Å². The molecule has 0 radical (unpaired) electrons. The van der Waals surface area contributed by atoms with Crippen LogP contribution in [0.5, 0.6) is 0 Å². The second kappa shape index (κ2) is 4.64. The van der Waals surface area contributed by atoms with Crippen LogP contribution >= 0.6 is 0 Å². The summed E-state index contributed by atoms with van der Waals surface area (Å²) in [6.45, 7) is 0.390. The summed E-state index contributed by atoms with van der Waals surface area (Å²) >= 11 is 0. The van der Waals surface area contributed by atoms with Gasteiger partial charge in [0.25, 0.3) is 0 Å². The third kappa shape index (κ3) is 2.49. The van der Waals surface area contributed by atoms with Crippen LogP contribution in [0.15, 0.2) is 0 Å². The van der Waals surface area contributed by atoms with Gasteiger partial charge >= 0.3 is 5.97 Å². The third-order valence-corrected chi connectivity index (χ3v) is 3.20. The monoisotopic (exact) mass is 211 g/mol. The van der Waals surface area contributed by atoms with Crippen molar-refractivity contribution in [1.29, 1.82) is 0 Å². The Hall–Kier alpha value is -1.06. The van der Waals surface area contributed by atoms with Gasteiger partial charge in [0.2, 0.25) is 5.91 Å². The van der Waals surface area contributed by atoms with Gasteiger partial charge in [0.05, 0.1) is 6.61 Å². The van der Waals surface area contributed by atoms with E-state index in [9.17, 15) is 9.59 Å². The Morgan fingerprint density at radius 1 is 1.20 bits per heavy atom. The maximum absolute atomic E-state index is 11.7. The molecule has 1 aliphatic heterocycles. The van der Waals surface area contributed by atoms with Crippen LogP contribution in [0, 0.1) is 5.92 Å². The van der Waals surface area contributed by atoms with Crippen molar-refractivity contribution in [2.75, 3.05) is 6.61 Å². The maximum atomic E-state index is 11.7. The number of esters is 1. The van der Waals surface area contributed by atoms with Crippen LogP contribution in [-0.2, 0) is 14.3 Å². The molecule has 1 heterocycles. The van der Waals surface area contributed by atoms with Crippen molar-refractivity contribution in [3.05, 3.63) is 0 Å². The van der Waals surface area contributed by atoms with E-state index in [1.165, 1.54) is 19.3 Å². The highest BCUT2D eigenvalue weighted by molar-refractivity contribution is 5.98. The van der Waals surface area contributed by atoms with Crippen molar-refractivity contribution >= 4 is 11.9 Å². The number of amides is 1. The van der Waals surface area contributed by atoms with E-state index in [2.05, 4.69) is 5.32 Å². The van der Waals surface area contributed by atoms with Crippen molar-refractivity contribution in [1.82, 2.24) is 5.32 Å². The fraction of sp³-hybridized carbons (Fsp3) is 0.818. The average Bonchev–Trinajstić information content (AvgIpc) is 2.66. The molecule has 1 atom stereocenters. The number of carbonyl (C=O) groups is 2. The van der Waals surface area contributed by atoms with Crippen molar-refractivity contribution in [2.45, 2.75) is 44.6 Å². The molecule has 1 aliphatic carbocycles. The van der Waals surface area contributed by atoms with Crippen LogP contribution in [0.1, 0.15) is 38.5 Å². The van der Waals surface area contributed by atoms with Gasteiger partial charge in [-0.25, -0.2) is 0 Å². The summed E-state index contributed by atoms with van der Waals surface area (Å²) in [5.74, 6) is -1.04. The summed E-state index contributed by atoms with van der Waals surface area (Å²) in [5, 5.41) is 2.95. The van der Waals surface area contributed by atoms with Crippen molar-refractivity contribution in [3.63, 3.8) is 0 Å². The molecule has 0 spiro atoms. The summed E-state index contributed by atoms with van der Waals surface area (Å²) in [7, 11) is 0. The zero-order chi connectivity index (χ0) is 10.7. The van der Waals surface area contributed by atoms with Gasteiger partial charge in [0.15, 0.2) is 0 Å². The van der Waals surface area contributed by atoms with E-state index in [0.29, 0.717) is 13.0 Å². The maximum Gasteiger partial charge on any atom is 0.318 e. The highest BCUT2D eigenvalue weighted by Gasteiger charge is 2.34. The molecule has 0 bridgehead atoms. The number of nitrogens with one attached hydrogen (secondary N) is 1. The van der Waals surface area contributed by atoms with E-state index in [0.717, 1.165) is 12.8 Å². The van der Waals surface area contributed by atoms with Gasteiger partial charge in [-0.2, -0.15) is 0 Å². The lowest BCUT2D eigenvalue weighted by atomic mass is 9.95. The predicted octanol–water partition coefficient (Wildman–Crippen LogP) is 0.998. The number of ether oxygens (including phenoxy) is 1. The molecule has 1 saturated heterocycles. The van der Waals surface area contributed by atoms with Crippen LogP contribution in [0.25, 0.3) is 0 Å². The molecular formula is C11H17NO3. The van der Waals surface area contributed by atoms with Gasteiger partial charge in [-0.3, -0.25) is 9.59 Å². The van der Waals surface area contributed by atoms with Gasteiger partial charge in [0.1, 0.15) is 5.92 Å². The Kier molecular flexibility index (Phi) is 3.23. The molecule has 2 fully saturated rings. The zero-order valence-electron chi connectivity index (χ0n) is 8.83. The fourth-order valence-electron chi connectivity index (χ4n) is 2.28. The number of cyclic esters (lactones) is 1. The molecule has 2 aliphatic rings. The molecule has 4 nitrogen and oxygen atoms in total. The fourth-order valence-corrected chi connectivity index (χ4v) is 2.28. The van der Waals surface area contributed by atoms with Crippen LogP contribution < -0.4 is 5.32 Å². The summed E-state index contributed by atoms with van der Waals surface area (Å²) in [5.41, 5.74) is 0. The minimum Gasteiger partial charge on any atom is -0.465 e. The number of carbonyl (C=O) groups excluding carboxylic acids is 2. The lowest BCUT2D eigenvalue weighted by molar-refractivity contribution is -0.145. The number of rotatable bonds is 2. The van der Waals surface area contributed by atoms with E-state index in [1.54, 1.807) is 0 Å². The largest absolute Gasteiger partial charge is 0.465 e. The zero-order valence-corrected chi connectivity index (χ0v) is 8.83. The number of hydrogen-bond donors (Lipinski definition) is 1. The Morgan fingerprint density at radius 3 is 2.53 bits per heavy atom. The summed E-state index contributed by atoms with van der Waals surface area (Å²) in [4.78, 5) is 22.9. The summed E-state index contributed by atoms with van der Waals surface area (Å²) in [6, 6.07) is 0.277. The highest BCUT2D eigenvalue weighted by atomic mass is 16.5. The minimum absolute atomic E-state index is 0.135. The van der Waals surface area contributed by atoms with Crippen molar-refractivity contribution in [3.8, 4) is 0 Å². The van der Waals surface area contributed by atoms with E-state index in [-0.39, 0.29) is 17.9 Å². The third-order valence-electron chi connectivity index (χ3n) is 3.20. The molecule has 1 amide bonds. The first-order chi connectivity index (χ1) is 7.27. The molecule has 4 heteroatoms. The SMILES string of the molecule is O=C(NC1CCCCC1)C1CCOC1=O. The average molecular weight is 211 g/mol. The second-order valence-corrected chi connectivity index (χ2v) is 4.35. The van der Waals surface area contributed by atoms with Gasteiger partial charge in [-0.1, -0.05) is 19.3 Å². The van der Waals surface area contributed by atoms with Crippen LogP contribution in [0.4, 0.5) is 0 Å². The first-order valence-electron chi connectivity index (χ1n) is 5.74. The lowest BCUT2D eigenvalue weighted by Gasteiger charge is -2.23. The molecule has 1 saturated carbocycles. The normalized spacial score (nSPS) is 27.5. The van der Waals surface area contributed by atoms with Crippen molar-refractivity contribution in [2.24, 2.45) is 5.92 Å². The molecule has 15 heavy (non-hydrogen) atoms. The van der Waals surface area contributed by atoms with E-state index in [1.807, 2.05) is 0 Å². The van der Waals surface area contributed by atoms with Gasteiger partial charge in [-0.15, -0.1) is 0 Å². The van der Waals surface area contributed by atoms with Crippen LogP contribution in [0.2, 0.25) is 0 Å². The minimum atomic E-state index is -0.549. The van der Waals surface area contributed by atoms with Crippen LogP contribution in [-0.4, -0.2) is 24.5 Å². The Labute approximate surface area is 89.4 Å². The first kappa shape index (κ1) is 10.5. The summed E-state index contributed by atoms with van der Waals surface area (Å²) in [6.07, 6.45) is 6.26. The van der Waals surface area contributed by atoms with Gasteiger partial charge in [-0.05, 0) is 12.8 Å². The smallest absolute Gasteiger partial charge is 0.318 e. The first-order valence-corrected chi connectivity index (χ1v) is 5.74. The van der Waals surface area contributed by atoms with Crippen LogP contribution in [0.3, 0.4) is 0 Å². The summed E-state index contributed by atoms with van der Waals surface area (Å²) < 4.78 is 4.78. The Bertz CT molecular complexity index is 259. The molecule has 2 rings (SSSR count). The quantitative estimate of drug-likeness (QED) is 0.547. The predicted molar refractivity (Wildman–Crippen MR) is 54.1 cm³/mol. The van der Waals surface area contributed by atoms with Gasteiger partial charge < -0.3 is 10.1 Å². The lowest BCUT2D eigenvalue weighted by Crippen LogP contribution is -2.41. The van der Waals surface area contributed by atoms with Crippen molar-refractivity contribution < 1.29 is 14.3 Å². The number of hydrogen-bond acceptors (Lipinski definition) is 3. The highest BCUT2D eigenvalue weighted by Crippen LogP contribution is 2.19. The Balaban J connectivity index is 1.82. The molecule has 0 aromatic carbocycles. The molecule has 1 unspecified atom stereocenters. The standard InChI is InChI=1S/C11H17NO3/c13-10(9-6-7-15-11(9)14)12-8-4-2-1-3-5-8/h8-9H,1-7H2,(H,12,13). The molecule has 1 N–H and O–H groups in total. The van der Waals surface area contributed by atoms with E-state index in [4.69, 9.17) is 4.74 Å². The topological polar surface area (TPSA) is 55.4 Å². The molecule has 0 aromatic rings. The molecule has 0 aromatic heterocycles. The molecule has 84 valence electrons. The van der Waals surface area contributed by atoms with E-state index >= 15 is 0 Å².